The highest BCUT2D eigenvalue weighted by molar-refractivity contribution is 7.90. The lowest BCUT2D eigenvalue weighted by Crippen LogP contribution is -2.07. The van der Waals surface area contributed by atoms with Crippen LogP contribution in [-0.4, -0.2) is 24.5 Å². The molecule has 31 heavy (non-hydrogen) atoms. The monoisotopic (exact) mass is 462 g/mol. The Hall–Kier alpha value is -2.91. The van der Waals surface area contributed by atoms with Crippen molar-refractivity contribution < 1.29 is 21.6 Å². The molecule has 2 aromatic heterocycles. The maximum atomic E-state index is 13.4. The molecule has 0 aliphatic rings. The number of sulfone groups is 1. The van der Waals surface area contributed by atoms with Crippen LogP contribution in [0.25, 0.3) is 26.7 Å². The highest BCUT2D eigenvalue weighted by atomic mass is 32.2. The lowest BCUT2D eigenvalue weighted by atomic mass is 10.2. The van der Waals surface area contributed by atoms with Crippen molar-refractivity contribution in [3.63, 3.8) is 0 Å². The van der Waals surface area contributed by atoms with Gasteiger partial charge < -0.3 is 0 Å². The van der Waals surface area contributed by atoms with Crippen molar-refractivity contribution in [2.24, 2.45) is 0 Å². The molecule has 0 unspecified atom stereocenters. The minimum atomic E-state index is -4.58. The highest BCUT2D eigenvalue weighted by Gasteiger charge is 2.35. The summed E-state index contributed by atoms with van der Waals surface area (Å²) in [4.78, 5) is 1.52. The first-order chi connectivity index (χ1) is 14.5. The van der Waals surface area contributed by atoms with Crippen molar-refractivity contribution in [3.05, 3.63) is 78.0 Å². The lowest BCUT2D eigenvalue weighted by Gasteiger charge is -2.09. The van der Waals surface area contributed by atoms with Gasteiger partial charge in [0.1, 0.15) is 0 Å². The quantitative estimate of drug-likeness (QED) is 0.374. The second kappa shape index (κ2) is 7.65. The number of hydrogen-bond acceptors (Lipinski definition) is 4. The number of benzene rings is 2. The first kappa shape index (κ1) is 21.3. The molecule has 0 aliphatic carbocycles. The van der Waals surface area contributed by atoms with E-state index in [-0.39, 0.29) is 4.90 Å². The van der Waals surface area contributed by atoms with Gasteiger partial charge in [0.25, 0.3) is 0 Å². The van der Waals surface area contributed by atoms with Crippen molar-refractivity contribution in [1.82, 2.24) is 9.78 Å². The summed E-state index contributed by atoms with van der Waals surface area (Å²) in [6.45, 7) is 1.81. The standard InChI is InChI=1S/C22H17F3N2O2S2/c1-14-6-3-4-9-17(14)27-18(13-21(26-27)22(23,24)25)20-11-10-19(30-20)15-7-5-8-16(12-15)31(2,28)29/h3-13H,1-2H3. The summed E-state index contributed by atoms with van der Waals surface area (Å²) in [5, 5.41) is 3.84. The number of aryl methyl sites for hydroxylation is 1. The van der Waals surface area contributed by atoms with Gasteiger partial charge in [-0.25, -0.2) is 13.1 Å². The Bertz CT molecular complexity index is 1370. The molecule has 0 bridgehead atoms. The molecule has 160 valence electrons. The van der Waals surface area contributed by atoms with E-state index in [1.807, 2.05) is 19.1 Å². The molecule has 2 aromatic carbocycles. The van der Waals surface area contributed by atoms with Crippen LogP contribution in [0.3, 0.4) is 0 Å². The third kappa shape index (κ3) is 4.28. The van der Waals surface area contributed by atoms with E-state index >= 15 is 0 Å². The predicted molar refractivity (Wildman–Crippen MR) is 115 cm³/mol. The molecule has 2 heterocycles. The minimum absolute atomic E-state index is 0.184. The maximum Gasteiger partial charge on any atom is 0.435 e. The van der Waals surface area contributed by atoms with E-state index in [0.717, 1.165) is 22.8 Å². The summed E-state index contributed by atoms with van der Waals surface area (Å²) in [7, 11) is -3.37. The van der Waals surface area contributed by atoms with E-state index in [9.17, 15) is 21.6 Å². The molecule has 0 radical (unpaired) electrons. The molecule has 0 N–H and O–H groups in total. The summed E-state index contributed by atoms with van der Waals surface area (Å²) < 4.78 is 65.3. The third-order valence-electron chi connectivity index (χ3n) is 4.75. The summed E-state index contributed by atoms with van der Waals surface area (Å²) in [6, 6.07) is 18.1. The molecule has 0 fully saturated rings. The SMILES string of the molecule is Cc1ccccc1-n1nc(C(F)(F)F)cc1-c1ccc(-c2cccc(S(C)(=O)=O)c2)s1. The molecule has 4 aromatic rings. The molecule has 9 heteroatoms. The predicted octanol–water partition coefficient (Wildman–Crippen LogP) is 6.00. The Morgan fingerprint density at radius 2 is 1.65 bits per heavy atom. The Kier molecular flexibility index (Phi) is 5.26. The number of thiophene rings is 1. The van der Waals surface area contributed by atoms with Crippen molar-refractivity contribution >= 4 is 21.2 Å². The molecule has 0 atom stereocenters. The number of halogens is 3. The van der Waals surface area contributed by atoms with E-state index in [1.54, 1.807) is 42.5 Å². The second-order valence-corrected chi connectivity index (χ2v) is 10.2. The Labute approximate surface area is 181 Å². The number of para-hydroxylation sites is 1. The van der Waals surface area contributed by atoms with Gasteiger partial charge in [0.15, 0.2) is 15.5 Å². The van der Waals surface area contributed by atoms with Crippen molar-refractivity contribution in [1.29, 1.82) is 0 Å². The molecular formula is C22H17F3N2O2S2. The molecule has 4 nitrogen and oxygen atoms in total. The average molecular weight is 463 g/mol. The van der Waals surface area contributed by atoms with Crippen molar-refractivity contribution in [3.8, 4) is 26.7 Å². The fourth-order valence-electron chi connectivity index (χ4n) is 3.19. The van der Waals surface area contributed by atoms with E-state index in [1.165, 1.54) is 22.1 Å². The number of hydrogen-bond donors (Lipinski definition) is 0. The largest absolute Gasteiger partial charge is 0.435 e. The average Bonchev–Trinajstić information content (AvgIpc) is 3.35. The van der Waals surface area contributed by atoms with E-state index < -0.39 is 21.7 Å². The van der Waals surface area contributed by atoms with Crippen LogP contribution in [0.15, 0.2) is 71.6 Å². The first-order valence-corrected chi connectivity index (χ1v) is 11.9. The van der Waals surface area contributed by atoms with Crippen LogP contribution in [0.1, 0.15) is 11.3 Å². The Balaban J connectivity index is 1.84. The lowest BCUT2D eigenvalue weighted by molar-refractivity contribution is -0.141. The molecule has 4 rings (SSSR count). The fourth-order valence-corrected chi connectivity index (χ4v) is 4.86. The van der Waals surface area contributed by atoms with Crippen LogP contribution in [0.2, 0.25) is 0 Å². The second-order valence-electron chi connectivity index (χ2n) is 7.07. The van der Waals surface area contributed by atoms with Crippen LogP contribution in [-0.2, 0) is 16.0 Å². The zero-order chi connectivity index (χ0) is 22.4. The van der Waals surface area contributed by atoms with Crippen LogP contribution >= 0.6 is 11.3 Å². The van der Waals surface area contributed by atoms with Crippen LogP contribution in [0.4, 0.5) is 13.2 Å². The number of aromatic nitrogens is 2. The highest BCUT2D eigenvalue weighted by Crippen LogP contribution is 2.39. The Morgan fingerprint density at radius 3 is 2.32 bits per heavy atom. The van der Waals surface area contributed by atoms with Gasteiger partial charge in [-0.05, 0) is 54.4 Å². The first-order valence-electron chi connectivity index (χ1n) is 9.18. The van der Waals surface area contributed by atoms with Gasteiger partial charge in [0.2, 0.25) is 0 Å². The molecule has 0 aliphatic heterocycles. The van der Waals surface area contributed by atoms with Crippen LogP contribution in [0, 0.1) is 6.92 Å². The normalized spacial score (nSPS) is 12.3. The fraction of sp³-hybridized carbons (Fsp3) is 0.136. The van der Waals surface area contributed by atoms with Crippen LogP contribution < -0.4 is 0 Å². The van der Waals surface area contributed by atoms with Gasteiger partial charge in [0.05, 0.1) is 21.2 Å². The maximum absolute atomic E-state index is 13.4. The number of rotatable bonds is 4. The summed E-state index contributed by atoms with van der Waals surface area (Å²) in [6.07, 6.45) is -3.45. The van der Waals surface area contributed by atoms with Gasteiger partial charge in [-0.2, -0.15) is 18.3 Å². The third-order valence-corrected chi connectivity index (χ3v) is 7.02. The zero-order valence-corrected chi connectivity index (χ0v) is 18.1. The van der Waals surface area contributed by atoms with Gasteiger partial charge in [-0.1, -0.05) is 30.3 Å². The van der Waals surface area contributed by atoms with Gasteiger partial charge in [-0.3, -0.25) is 0 Å². The molecule has 0 saturated heterocycles. The number of alkyl halides is 3. The van der Waals surface area contributed by atoms with E-state index in [2.05, 4.69) is 5.10 Å². The topological polar surface area (TPSA) is 52.0 Å². The summed E-state index contributed by atoms with van der Waals surface area (Å²) >= 11 is 1.27. The smallest absolute Gasteiger partial charge is 0.231 e. The summed E-state index contributed by atoms with van der Waals surface area (Å²) in [5.41, 5.74) is 1.37. The Morgan fingerprint density at radius 1 is 0.935 bits per heavy atom. The molecular weight excluding hydrogens is 445 g/mol. The molecule has 0 spiro atoms. The van der Waals surface area contributed by atoms with Gasteiger partial charge >= 0.3 is 6.18 Å². The number of nitrogens with zero attached hydrogens (tertiary/aromatic N) is 2. The van der Waals surface area contributed by atoms with E-state index in [4.69, 9.17) is 0 Å². The minimum Gasteiger partial charge on any atom is -0.231 e. The van der Waals surface area contributed by atoms with Gasteiger partial charge in [-0.15, -0.1) is 11.3 Å². The summed E-state index contributed by atoms with van der Waals surface area (Å²) in [5.74, 6) is 0. The zero-order valence-electron chi connectivity index (χ0n) is 16.5. The van der Waals surface area contributed by atoms with Crippen LogP contribution in [0.5, 0.6) is 0 Å². The van der Waals surface area contributed by atoms with Crippen molar-refractivity contribution in [2.75, 3.05) is 6.26 Å². The molecule has 0 saturated carbocycles. The molecule has 0 amide bonds. The van der Waals surface area contributed by atoms with E-state index in [0.29, 0.717) is 21.8 Å². The van der Waals surface area contributed by atoms with Gasteiger partial charge in [0, 0.05) is 11.1 Å². The van der Waals surface area contributed by atoms with Crippen molar-refractivity contribution in [2.45, 2.75) is 18.0 Å².